The molecule has 4 rings (SSSR count). The summed E-state index contributed by atoms with van der Waals surface area (Å²) in [6.07, 6.45) is -3.04. The van der Waals surface area contributed by atoms with Gasteiger partial charge in [-0.05, 0) is 25.1 Å². The molecule has 1 aliphatic rings. The van der Waals surface area contributed by atoms with Crippen LogP contribution in [-0.2, 0) is 13.0 Å². The highest BCUT2D eigenvalue weighted by molar-refractivity contribution is 5.90. The quantitative estimate of drug-likeness (QED) is 0.507. The maximum atomic E-state index is 14.2. The maximum absolute atomic E-state index is 14.2. The third kappa shape index (κ3) is 3.90. The summed E-state index contributed by atoms with van der Waals surface area (Å²) >= 11 is 0. The number of amides is 2. The number of nitrogens with one attached hydrogen (secondary N) is 1. The number of nitrogens with zero attached hydrogens (tertiary/aromatic N) is 2. The van der Waals surface area contributed by atoms with Crippen molar-refractivity contribution in [2.24, 2.45) is 0 Å². The fourth-order valence-electron chi connectivity index (χ4n) is 3.58. The summed E-state index contributed by atoms with van der Waals surface area (Å²) in [4.78, 5) is 14.1. The van der Waals surface area contributed by atoms with Crippen LogP contribution >= 0.6 is 0 Å². The van der Waals surface area contributed by atoms with Crippen LogP contribution in [0.25, 0.3) is 11.3 Å². The zero-order valence-corrected chi connectivity index (χ0v) is 16.4. The zero-order chi connectivity index (χ0) is 23.2. The Balaban J connectivity index is 1.61. The number of alkyl halides is 2. The molecular formula is C21H15F6N3O2. The van der Waals surface area contributed by atoms with Crippen molar-refractivity contribution in [3.8, 4) is 11.3 Å². The van der Waals surface area contributed by atoms with Crippen molar-refractivity contribution in [3.05, 3.63) is 70.4 Å². The molecule has 0 spiro atoms. The van der Waals surface area contributed by atoms with Gasteiger partial charge in [0.25, 0.3) is 6.43 Å². The number of benzene rings is 2. The zero-order valence-electron chi connectivity index (χ0n) is 16.4. The molecule has 168 valence electrons. The first kappa shape index (κ1) is 21.7. The summed E-state index contributed by atoms with van der Waals surface area (Å²) < 4.78 is 85.8. The van der Waals surface area contributed by atoms with Crippen LogP contribution in [0.2, 0.25) is 0 Å². The highest BCUT2D eigenvalue weighted by atomic mass is 19.3. The van der Waals surface area contributed by atoms with Gasteiger partial charge in [-0.25, -0.2) is 31.1 Å². The Hall–Kier alpha value is -3.50. The number of urea groups is 1. The van der Waals surface area contributed by atoms with Gasteiger partial charge in [0.15, 0.2) is 17.4 Å². The summed E-state index contributed by atoms with van der Waals surface area (Å²) in [6.45, 7) is 1.59. The number of anilines is 1. The van der Waals surface area contributed by atoms with Crippen molar-refractivity contribution in [3.63, 3.8) is 0 Å². The van der Waals surface area contributed by atoms with Gasteiger partial charge in [0.1, 0.15) is 11.6 Å². The molecule has 1 N–H and O–H groups in total. The Kier molecular flexibility index (Phi) is 5.57. The number of aromatic nitrogens is 1. The molecule has 11 heteroatoms. The highest BCUT2D eigenvalue weighted by Crippen LogP contribution is 2.34. The van der Waals surface area contributed by atoms with E-state index in [-0.39, 0.29) is 30.0 Å². The summed E-state index contributed by atoms with van der Waals surface area (Å²) in [6, 6.07) is 2.95. The van der Waals surface area contributed by atoms with Gasteiger partial charge in [0.2, 0.25) is 0 Å². The van der Waals surface area contributed by atoms with E-state index in [4.69, 9.17) is 4.52 Å². The topological polar surface area (TPSA) is 58.4 Å². The van der Waals surface area contributed by atoms with E-state index in [1.807, 2.05) is 0 Å². The van der Waals surface area contributed by atoms with Gasteiger partial charge < -0.3 is 14.7 Å². The lowest BCUT2D eigenvalue weighted by atomic mass is 9.97. The van der Waals surface area contributed by atoms with Crippen LogP contribution in [0.3, 0.4) is 0 Å². The second-order valence-corrected chi connectivity index (χ2v) is 7.33. The van der Waals surface area contributed by atoms with Crippen LogP contribution in [0.15, 0.2) is 34.9 Å². The maximum Gasteiger partial charge on any atom is 0.322 e. The Morgan fingerprint density at radius 2 is 1.91 bits per heavy atom. The van der Waals surface area contributed by atoms with E-state index >= 15 is 0 Å². The van der Waals surface area contributed by atoms with Crippen molar-refractivity contribution in [2.45, 2.75) is 32.4 Å². The molecule has 1 unspecified atom stereocenters. The van der Waals surface area contributed by atoms with Crippen LogP contribution in [0.4, 0.5) is 36.8 Å². The third-order valence-corrected chi connectivity index (χ3v) is 5.20. The van der Waals surface area contributed by atoms with E-state index in [0.29, 0.717) is 29.5 Å². The fraction of sp³-hybridized carbons (Fsp3) is 0.238. The molecule has 0 aliphatic carbocycles. The Bertz CT molecular complexity index is 1200. The second-order valence-electron chi connectivity index (χ2n) is 7.33. The predicted octanol–water partition coefficient (Wildman–Crippen LogP) is 5.81. The highest BCUT2D eigenvalue weighted by Gasteiger charge is 2.33. The van der Waals surface area contributed by atoms with Gasteiger partial charge >= 0.3 is 6.03 Å². The largest absolute Gasteiger partial charge is 0.356 e. The van der Waals surface area contributed by atoms with Crippen molar-refractivity contribution >= 4 is 11.7 Å². The van der Waals surface area contributed by atoms with E-state index in [2.05, 4.69) is 10.5 Å². The van der Waals surface area contributed by atoms with E-state index in [1.165, 1.54) is 11.0 Å². The molecule has 1 aromatic heterocycles. The first-order valence-electron chi connectivity index (χ1n) is 9.43. The number of halogens is 6. The minimum atomic E-state index is -3.28. The summed E-state index contributed by atoms with van der Waals surface area (Å²) in [5.74, 6) is -4.84. The van der Waals surface area contributed by atoms with E-state index in [1.54, 1.807) is 6.92 Å². The first-order valence-corrected chi connectivity index (χ1v) is 9.43. The SMILES string of the molecule is CC1Cc2noc(-c3ccc(F)cc3F)c2CN1C(=O)Nc1cc(F)c(F)c(C(F)F)c1. The molecule has 1 aliphatic heterocycles. The van der Waals surface area contributed by atoms with E-state index in [0.717, 1.165) is 6.07 Å². The average molecular weight is 455 g/mol. The summed E-state index contributed by atoms with van der Waals surface area (Å²) in [5.41, 5.74) is -0.702. The molecule has 1 atom stereocenters. The van der Waals surface area contributed by atoms with Crippen molar-refractivity contribution < 1.29 is 35.7 Å². The van der Waals surface area contributed by atoms with Crippen LogP contribution in [0, 0.1) is 23.3 Å². The summed E-state index contributed by atoms with van der Waals surface area (Å²) in [7, 11) is 0. The average Bonchev–Trinajstić information content (AvgIpc) is 3.12. The normalized spacial score (nSPS) is 15.8. The van der Waals surface area contributed by atoms with Crippen molar-refractivity contribution in [2.75, 3.05) is 5.32 Å². The lowest BCUT2D eigenvalue weighted by molar-refractivity contribution is 0.145. The molecule has 2 aromatic carbocycles. The van der Waals surface area contributed by atoms with Crippen LogP contribution < -0.4 is 5.32 Å². The molecule has 5 nitrogen and oxygen atoms in total. The summed E-state index contributed by atoms with van der Waals surface area (Å²) in [5, 5.41) is 6.19. The monoisotopic (exact) mass is 455 g/mol. The molecule has 0 saturated carbocycles. The minimum Gasteiger partial charge on any atom is -0.356 e. The number of hydrogen-bond acceptors (Lipinski definition) is 3. The van der Waals surface area contributed by atoms with Gasteiger partial charge in [-0.2, -0.15) is 0 Å². The molecule has 0 fully saturated rings. The van der Waals surface area contributed by atoms with Crippen molar-refractivity contribution in [1.29, 1.82) is 0 Å². The lowest BCUT2D eigenvalue weighted by Crippen LogP contribution is -2.44. The molecule has 0 saturated heterocycles. The smallest absolute Gasteiger partial charge is 0.322 e. The van der Waals surface area contributed by atoms with Gasteiger partial charge in [-0.3, -0.25) is 0 Å². The van der Waals surface area contributed by atoms with Gasteiger partial charge in [-0.15, -0.1) is 0 Å². The number of fused-ring (bicyclic) bond motifs is 1. The Morgan fingerprint density at radius 3 is 2.59 bits per heavy atom. The third-order valence-electron chi connectivity index (χ3n) is 5.20. The number of carbonyl (C=O) groups is 1. The molecule has 2 heterocycles. The Morgan fingerprint density at radius 1 is 1.16 bits per heavy atom. The van der Waals surface area contributed by atoms with E-state index < -0.39 is 47.3 Å². The molecule has 0 bridgehead atoms. The molecule has 32 heavy (non-hydrogen) atoms. The lowest BCUT2D eigenvalue weighted by Gasteiger charge is -2.32. The first-order chi connectivity index (χ1) is 15.2. The standard InChI is InChI=1S/C21H15F6N3O2/c1-9-4-17-14(19(32-29-17)12-3-2-10(22)5-15(12)23)8-30(9)21(31)28-11-6-13(20(26)27)18(25)16(24)7-11/h2-3,5-7,9,20H,4,8H2,1H3,(H,28,31). The number of carbonyl (C=O) groups excluding carboxylic acids is 1. The van der Waals surface area contributed by atoms with E-state index in [9.17, 15) is 31.1 Å². The molecule has 2 amide bonds. The van der Waals surface area contributed by atoms with Crippen molar-refractivity contribution in [1.82, 2.24) is 10.1 Å². The number of hydrogen-bond donors (Lipinski definition) is 1. The van der Waals surface area contributed by atoms with Crippen LogP contribution in [-0.4, -0.2) is 22.1 Å². The van der Waals surface area contributed by atoms with Crippen LogP contribution in [0.1, 0.15) is 30.2 Å². The molecular weight excluding hydrogens is 440 g/mol. The van der Waals surface area contributed by atoms with Gasteiger partial charge in [0.05, 0.1) is 23.4 Å². The van der Waals surface area contributed by atoms with Gasteiger partial charge in [-0.1, -0.05) is 5.16 Å². The molecule has 3 aromatic rings. The second kappa shape index (κ2) is 8.21. The minimum absolute atomic E-state index is 0.0232. The van der Waals surface area contributed by atoms with Gasteiger partial charge in [0, 0.05) is 35.8 Å². The molecule has 0 radical (unpaired) electrons. The van der Waals surface area contributed by atoms with Crippen LogP contribution in [0.5, 0.6) is 0 Å². The fourth-order valence-corrected chi connectivity index (χ4v) is 3.58. The predicted molar refractivity (Wildman–Crippen MR) is 101 cm³/mol. The Labute approximate surface area is 177 Å². The number of rotatable bonds is 3.